The molecule has 1 aliphatic heterocycles. The van der Waals surface area contributed by atoms with Crippen LogP contribution in [0.4, 0.5) is 14.5 Å². The van der Waals surface area contributed by atoms with Crippen LogP contribution in [0.2, 0.25) is 0 Å². The summed E-state index contributed by atoms with van der Waals surface area (Å²) in [5.74, 6) is -2.68. The predicted molar refractivity (Wildman–Crippen MR) is 54.7 cm³/mol. The standard InChI is InChI=1S/C11H11F2NO2/c1-6-4-14(5-6)10-2-7(11(15)16)8(12)3-9(10)13/h2-3,6H,4-5H2,1H3,(H,15,16). The molecule has 86 valence electrons. The minimum atomic E-state index is -1.38. The molecule has 0 atom stereocenters. The molecule has 1 aromatic rings. The average molecular weight is 227 g/mol. The van der Waals surface area contributed by atoms with Gasteiger partial charge in [-0.1, -0.05) is 6.92 Å². The smallest absolute Gasteiger partial charge is 0.338 e. The summed E-state index contributed by atoms with van der Waals surface area (Å²) in [6.07, 6.45) is 0. The van der Waals surface area contributed by atoms with Crippen LogP contribution in [0.25, 0.3) is 0 Å². The topological polar surface area (TPSA) is 40.5 Å². The summed E-state index contributed by atoms with van der Waals surface area (Å²) in [5.41, 5.74) is -0.326. The van der Waals surface area contributed by atoms with Crippen molar-refractivity contribution in [3.05, 3.63) is 29.3 Å². The highest BCUT2D eigenvalue weighted by atomic mass is 19.1. The molecule has 0 aliphatic carbocycles. The van der Waals surface area contributed by atoms with Crippen LogP contribution in [-0.4, -0.2) is 24.2 Å². The van der Waals surface area contributed by atoms with Crippen molar-refractivity contribution in [1.82, 2.24) is 0 Å². The lowest BCUT2D eigenvalue weighted by Gasteiger charge is -2.39. The molecule has 1 N–H and O–H groups in total. The summed E-state index contributed by atoms with van der Waals surface area (Å²) >= 11 is 0. The lowest BCUT2D eigenvalue weighted by molar-refractivity contribution is 0.0692. The second-order valence-corrected chi connectivity index (χ2v) is 4.10. The maximum absolute atomic E-state index is 13.4. The maximum atomic E-state index is 13.4. The second-order valence-electron chi connectivity index (χ2n) is 4.10. The van der Waals surface area contributed by atoms with Crippen molar-refractivity contribution < 1.29 is 18.7 Å². The first kappa shape index (κ1) is 10.9. The summed E-state index contributed by atoms with van der Waals surface area (Å²) in [5, 5.41) is 8.72. The highest BCUT2D eigenvalue weighted by molar-refractivity contribution is 5.89. The fourth-order valence-electron chi connectivity index (χ4n) is 1.84. The Kier molecular flexibility index (Phi) is 2.53. The molecule has 2 rings (SSSR count). The van der Waals surface area contributed by atoms with Crippen LogP contribution in [0.5, 0.6) is 0 Å². The van der Waals surface area contributed by atoms with E-state index >= 15 is 0 Å². The van der Waals surface area contributed by atoms with Gasteiger partial charge in [0.2, 0.25) is 0 Å². The SMILES string of the molecule is CC1CN(c2cc(C(=O)O)c(F)cc2F)C1. The minimum Gasteiger partial charge on any atom is -0.478 e. The Morgan fingerprint density at radius 2 is 2.00 bits per heavy atom. The Bertz CT molecular complexity index is 442. The predicted octanol–water partition coefficient (Wildman–Crippen LogP) is 2.12. The molecular weight excluding hydrogens is 216 g/mol. The molecule has 0 radical (unpaired) electrons. The molecule has 0 spiro atoms. The first-order valence-electron chi connectivity index (χ1n) is 4.96. The van der Waals surface area contributed by atoms with Crippen LogP contribution in [0.3, 0.4) is 0 Å². The molecule has 0 aromatic heterocycles. The van der Waals surface area contributed by atoms with Gasteiger partial charge in [-0.3, -0.25) is 0 Å². The monoisotopic (exact) mass is 227 g/mol. The molecular formula is C11H11F2NO2. The van der Waals surface area contributed by atoms with E-state index in [1.165, 1.54) is 0 Å². The maximum Gasteiger partial charge on any atom is 0.338 e. The molecule has 0 saturated carbocycles. The lowest BCUT2D eigenvalue weighted by Crippen LogP contribution is -2.45. The minimum absolute atomic E-state index is 0.164. The lowest BCUT2D eigenvalue weighted by atomic mass is 10.0. The van der Waals surface area contributed by atoms with Gasteiger partial charge in [0.25, 0.3) is 0 Å². The molecule has 0 bridgehead atoms. The zero-order valence-electron chi connectivity index (χ0n) is 8.70. The van der Waals surface area contributed by atoms with Gasteiger partial charge in [-0.15, -0.1) is 0 Å². The van der Waals surface area contributed by atoms with Gasteiger partial charge in [-0.2, -0.15) is 0 Å². The summed E-state index contributed by atoms with van der Waals surface area (Å²) in [6.45, 7) is 3.35. The summed E-state index contributed by atoms with van der Waals surface area (Å²) in [7, 11) is 0. The van der Waals surface area contributed by atoms with Crippen molar-refractivity contribution in [2.45, 2.75) is 6.92 Å². The van der Waals surface area contributed by atoms with Crippen molar-refractivity contribution in [1.29, 1.82) is 0 Å². The van der Waals surface area contributed by atoms with Gasteiger partial charge >= 0.3 is 5.97 Å². The number of carbonyl (C=O) groups is 1. The van der Waals surface area contributed by atoms with E-state index < -0.39 is 23.2 Å². The average Bonchev–Trinajstić information content (AvgIpc) is 2.13. The van der Waals surface area contributed by atoms with E-state index in [2.05, 4.69) is 0 Å². The van der Waals surface area contributed by atoms with Crippen LogP contribution >= 0.6 is 0 Å². The normalized spacial score (nSPS) is 16.1. The number of nitrogens with zero attached hydrogens (tertiary/aromatic N) is 1. The number of benzene rings is 1. The number of carboxylic acid groups (broad SMARTS) is 1. The van der Waals surface area contributed by atoms with Gasteiger partial charge < -0.3 is 10.0 Å². The molecule has 1 heterocycles. The number of halogens is 2. The van der Waals surface area contributed by atoms with E-state index in [0.717, 1.165) is 6.07 Å². The quantitative estimate of drug-likeness (QED) is 0.841. The van der Waals surface area contributed by atoms with Crippen molar-refractivity contribution in [3.8, 4) is 0 Å². The molecule has 1 fully saturated rings. The van der Waals surface area contributed by atoms with Crippen molar-refractivity contribution in [2.24, 2.45) is 5.92 Å². The number of anilines is 1. The van der Waals surface area contributed by atoms with Gasteiger partial charge in [0.1, 0.15) is 11.6 Å². The fraction of sp³-hybridized carbons (Fsp3) is 0.364. The second kappa shape index (κ2) is 3.73. The largest absolute Gasteiger partial charge is 0.478 e. The Labute approximate surface area is 91.3 Å². The molecule has 16 heavy (non-hydrogen) atoms. The summed E-state index contributed by atoms with van der Waals surface area (Å²) in [4.78, 5) is 12.4. The van der Waals surface area contributed by atoms with Crippen molar-refractivity contribution >= 4 is 11.7 Å². The zero-order chi connectivity index (χ0) is 11.9. The van der Waals surface area contributed by atoms with Crippen LogP contribution in [0, 0.1) is 17.6 Å². The Hall–Kier alpha value is -1.65. The number of aromatic carboxylic acids is 1. The van der Waals surface area contributed by atoms with E-state index in [9.17, 15) is 13.6 Å². The third-order valence-corrected chi connectivity index (χ3v) is 2.67. The van der Waals surface area contributed by atoms with Crippen LogP contribution in [0.1, 0.15) is 17.3 Å². The molecule has 1 aromatic carbocycles. The van der Waals surface area contributed by atoms with Gasteiger partial charge in [0, 0.05) is 19.2 Å². The van der Waals surface area contributed by atoms with E-state index in [-0.39, 0.29) is 5.69 Å². The third kappa shape index (κ3) is 1.73. The molecule has 1 saturated heterocycles. The first-order chi connectivity index (χ1) is 7.49. The summed E-state index contributed by atoms with van der Waals surface area (Å²) < 4.78 is 26.5. The van der Waals surface area contributed by atoms with Gasteiger partial charge in [-0.25, -0.2) is 13.6 Å². The number of rotatable bonds is 2. The third-order valence-electron chi connectivity index (χ3n) is 2.67. The number of carboxylic acids is 1. The first-order valence-corrected chi connectivity index (χ1v) is 4.96. The van der Waals surface area contributed by atoms with Gasteiger partial charge in [0.05, 0.1) is 11.3 Å². The molecule has 0 amide bonds. The number of hydrogen-bond donors (Lipinski definition) is 1. The van der Waals surface area contributed by atoms with Gasteiger partial charge in [-0.05, 0) is 12.0 Å². The molecule has 5 heteroatoms. The Morgan fingerprint density at radius 3 is 2.50 bits per heavy atom. The van der Waals surface area contributed by atoms with Crippen LogP contribution in [0.15, 0.2) is 12.1 Å². The Morgan fingerprint density at radius 1 is 1.38 bits per heavy atom. The van der Waals surface area contributed by atoms with Crippen LogP contribution < -0.4 is 4.90 Å². The number of hydrogen-bond acceptors (Lipinski definition) is 2. The Balaban J connectivity index is 2.38. The zero-order valence-corrected chi connectivity index (χ0v) is 8.70. The van der Waals surface area contributed by atoms with Crippen LogP contribution in [-0.2, 0) is 0 Å². The summed E-state index contributed by atoms with van der Waals surface area (Å²) in [6, 6.07) is 1.68. The highest BCUT2D eigenvalue weighted by Gasteiger charge is 2.27. The van der Waals surface area contributed by atoms with Gasteiger partial charge in [0.15, 0.2) is 0 Å². The van der Waals surface area contributed by atoms with Crippen molar-refractivity contribution in [3.63, 3.8) is 0 Å². The molecule has 0 unspecified atom stereocenters. The molecule has 1 aliphatic rings. The highest BCUT2D eigenvalue weighted by Crippen LogP contribution is 2.29. The van der Waals surface area contributed by atoms with Crippen molar-refractivity contribution in [2.75, 3.05) is 18.0 Å². The van der Waals surface area contributed by atoms with E-state index in [0.29, 0.717) is 25.1 Å². The van der Waals surface area contributed by atoms with E-state index in [1.807, 2.05) is 6.92 Å². The molecule has 3 nitrogen and oxygen atoms in total. The van der Waals surface area contributed by atoms with E-state index in [4.69, 9.17) is 5.11 Å². The fourth-order valence-corrected chi connectivity index (χ4v) is 1.84. The van der Waals surface area contributed by atoms with E-state index in [1.54, 1.807) is 4.90 Å².